The molecule has 1 amide bonds. The predicted molar refractivity (Wildman–Crippen MR) is 77.9 cm³/mol. The van der Waals surface area contributed by atoms with Crippen LogP contribution in [-0.2, 0) is 4.79 Å². The molecule has 104 valence electrons. The maximum absolute atomic E-state index is 13.1. The van der Waals surface area contributed by atoms with Crippen LogP contribution in [0, 0.1) is 5.82 Å². The molecule has 3 nitrogen and oxygen atoms in total. The van der Waals surface area contributed by atoms with Crippen LogP contribution in [0.3, 0.4) is 0 Å². The summed E-state index contributed by atoms with van der Waals surface area (Å²) in [5, 5.41) is 5.85. The van der Waals surface area contributed by atoms with Crippen LogP contribution in [0.1, 0.15) is 18.5 Å². The summed E-state index contributed by atoms with van der Waals surface area (Å²) in [7, 11) is 0. The molecule has 4 heteroatoms. The summed E-state index contributed by atoms with van der Waals surface area (Å²) in [6.07, 6.45) is 0. The maximum Gasteiger partial charge on any atom is 0.239 e. The highest BCUT2D eigenvalue weighted by atomic mass is 19.1. The van der Waals surface area contributed by atoms with E-state index in [4.69, 9.17) is 0 Å². The largest absolute Gasteiger partial charge is 0.376 e. The zero-order valence-electron chi connectivity index (χ0n) is 11.3. The molecule has 0 unspecified atom stereocenters. The fourth-order valence-electron chi connectivity index (χ4n) is 1.89. The van der Waals surface area contributed by atoms with E-state index in [1.807, 2.05) is 37.3 Å². The molecule has 0 aliphatic rings. The van der Waals surface area contributed by atoms with Gasteiger partial charge in [-0.05, 0) is 36.8 Å². The molecule has 2 aromatic rings. The Kier molecular flexibility index (Phi) is 4.71. The number of carbonyl (C=O) groups is 1. The molecule has 0 spiro atoms. The van der Waals surface area contributed by atoms with Gasteiger partial charge in [0.2, 0.25) is 5.91 Å². The lowest BCUT2D eigenvalue weighted by Crippen LogP contribution is -2.32. The Labute approximate surface area is 117 Å². The van der Waals surface area contributed by atoms with Gasteiger partial charge in [0, 0.05) is 5.69 Å². The van der Waals surface area contributed by atoms with E-state index in [2.05, 4.69) is 10.6 Å². The first-order chi connectivity index (χ1) is 9.65. The van der Waals surface area contributed by atoms with Crippen molar-refractivity contribution >= 4 is 11.6 Å². The van der Waals surface area contributed by atoms with Crippen molar-refractivity contribution in [3.05, 3.63) is 66.0 Å². The number of anilines is 1. The van der Waals surface area contributed by atoms with Gasteiger partial charge in [-0.1, -0.05) is 30.3 Å². The molecular formula is C16H17FN2O. The Morgan fingerprint density at radius 2 is 1.90 bits per heavy atom. The molecule has 2 N–H and O–H groups in total. The normalized spacial score (nSPS) is 11.7. The lowest BCUT2D eigenvalue weighted by molar-refractivity contribution is -0.120. The lowest BCUT2D eigenvalue weighted by Gasteiger charge is -2.15. The molecule has 0 heterocycles. The highest BCUT2D eigenvalue weighted by Crippen LogP contribution is 2.13. The van der Waals surface area contributed by atoms with Gasteiger partial charge in [0.25, 0.3) is 0 Å². The number of nitrogens with one attached hydrogen (secondary N) is 2. The van der Waals surface area contributed by atoms with Gasteiger partial charge < -0.3 is 10.6 Å². The molecule has 1 atom stereocenters. The number of rotatable bonds is 5. The van der Waals surface area contributed by atoms with Crippen LogP contribution in [-0.4, -0.2) is 12.5 Å². The lowest BCUT2D eigenvalue weighted by atomic mass is 10.1. The minimum Gasteiger partial charge on any atom is -0.376 e. The number of amides is 1. The quantitative estimate of drug-likeness (QED) is 0.878. The molecule has 0 saturated carbocycles. The van der Waals surface area contributed by atoms with E-state index in [1.54, 1.807) is 12.1 Å². The summed E-state index contributed by atoms with van der Waals surface area (Å²) in [5.41, 5.74) is 1.64. The van der Waals surface area contributed by atoms with Crippen molar-refractivity contribution in [3.63, 3.8) is 0 Å². The molecular weight excluding hydrogens is 255 g/mol. The van der Waals surface area contributed by atoms with E-state index < -0.39 is 0 Å². The number of carbonyl (C=O) groups excluding carboxylic acids is 1. The van der Waals surface area contributed by atoms with Crippen molar-refractivity contribution in [3.8, 4) is 0 Å². The van der Waals surface area contributed by atoms with Gasteiger partial charge in [-0.25, -0.2) is 4.39 Å². The molecule has 0 radical (unpaired) electrons. The van der Waals surface area contributed by atoms with Crippen molar-refractivity contribution in [2.45, 2.75) is 13.0 Å². The number of halogens is 1. The van der Waals surface area contributed by atoms with Gasteiger partial charge in [0.05, 0.1) is 12.6 Å². The van der Waals surface area contributed by atoms with Gasteiger partial charge in [-0.2, -0.15) is 0 Å². The van der Waals surface area contributed by atoms with Gasteiger partial charge in [0.1, 0.15) is 5.82 Å². The Morgan fingerprint density at radius 3 is 2.60 bits per heavy atom. The van der Waals surface area contributed by atoms with E-state index in [0.29, 0.717) is 0 Å². The summed E-state index contributed by atoms with van der Waals surface area (Å²) < 4.78 is 13.1. The molecule has 2 aromatic carbocycles. The second-order valence-corrected chi connectivity index (χ2v) is 4.56. The molecule has 20 heavy (non-hydrogen) atoms. The molecule has 2 rings (SSSR count). The first-order valence-electron chi connectivity index (χ1n) is 6.49. The molecule has 0 saturated heterocycles. The Balaban J connectivity index is 1.85. The summed E-state index contributed by atoms with van der Waals surface area (Å²) >= 11 is 0. The highest BCUT2D eigenvalue weighted by molar-refractivity contribution is 5.81. The number of benzene rings is 2. The van der Waals surface area contributed by atoms with E-state index in [-0.39, 0.29) is 24.3 Å². The average molecular weight is 272 g/mol. The number of hydrogen-bond donors (Lipinski definition) is 2. The molecule has 0 aliphatic carbocycles. The molecule has 0 bridgehead atoms. The predicted octanol–water partition coefficient (Wildman–Crippen LogP) is 3.12. The Bertz CT molecular complexity index is 572. The van der Waals surface area contributed by atoms with Crippen LogP contribution >= 0.6 is 0 Å². The maximum atomic E-state index is 13.1. The molecule has 0 aliphatic heterocycles. The van der Waals surface area contributed by atoms with Gasteiger partial charge in [0.15, 0.2) is 0 Å². The van der Waals surface area contributed by atoms with Crippen molar-refractivity contribution in [1.29, 1.82) is 0 Å². The zero-order valence-corrected chi connectivity index (χ0v) is 11.3. The van der Waals surface area contributed by atoms with Crippen LogP contribution in [0.25, 0.3) is 0 Å². The first kappa shape index (κ1) is 14.1. The van der Waals surface area contributed by atoms with Crippen molar-refractivity contribution in [2.75, 3.05) is 11.9 Å². The van der Waals surface area contributed by atoms with Crippen molar-refractivity contribution in [1.82, 2.24) is 5.32 Å². The van der Waals surface area contributed by atoms with Crippen LogP contribution in [0.5, 0.6) is 0 Å². The van der Waals surface area contributed by atoms with Crippen LogP contribution in [0.4, 0.5) is 10.1 Å². The van der Waals surface area contributed by atoms with Gasteiger partial charge in [-0.15, -0.1) is 0 Å². The monoisotopic (exact) mass is 272 g/mol. The summed E-state index contributed by atoms with van der Waals surface area (Å²) in [5.74, 6) is -0.434. The van der Waals surface area contributed by atoms with E-state index >= 15 is 0 Å². The van der Waals surface area contributed by atoms with E-state index in [0.717, 1.165) is 11.3 Å². The zero-order chi connectivity index (χ0) is 14.4. The average Bonchev–Trinajstić information content (AvgIpc) is 2.46. The van der Waals surface area contributed by atoms with Crippen LogP contribution < -0.4 is 10.6 Å². The van der Waals surface area contributed by atoms with Gasteiger partial charge >= 0.3 is 0 Å². The standard InChI is InChI=1S/C16H17FN2O/c1-12(13-6-5-7-14(17)10-13)19-16(20)11-18-15-8-3-2-4-9-15/h2-10,12,18H,11H2,1H3,(H,19,20)/t12-/m0/s1. The fourth-order valence-corrected chi connectivity index (χ4v) is 1.89. The summed E-state index contributed by atoms with van der Waals surface area (Å²) in [6.45, 7) is 2.01. The minimum absolute atomic E-state index is 0.134. The van der Waals surface area contributed by atoms with Crippen LogP contribution in [0.2, 0.25) is 0 Å². The molecule has 0 aromatic heterocycles. The third-order valence-electron chi connectivity index (χ3n) is 2.95. The van der Waals surface area contributed by atoms with Gasteiger partial charge in [-0.3, -0.25) is 4.79 Å². The third kappa shape index (κ3) is 4.09. The number of hydrogen-bond acceptors (Lipinski definition) is 2. The summed E-state index contributed by atoms with van der Waals surface area (Å²) in [4.78, 5) is 11.8. The Morgan fingerprint density at radius 1 is 1.15 bits per heavy atom. The first-order valence-corrected chi connectivity index (χ1v) is 6.49. The highest BCUT2D eigenvalue weighted by Gasteiger charge is 2.09. The fraction of sp³-hybridized carbons (Fsp3) is 0.188. The number of para-hydroxylation sites is 1. The summed E-state index contributed by atoms with van der Waals surface area (Å²) in [6, 6.07) is 15.5. The van der Waals surface area contributed by atoms with Crippen molar-refractivity contribution < 1.29 is 9.18 Å². The smallest absolute Gasteiger partial charge is 0.239 e. The topological polar surface area (TPSA) is 41.1 Å². The van der Waals surface area contributed by atoms with Crippen LogP contribution in [0.15, 0.2) is 54.6 Å². The second kappa shape index (κ2) is 6.70. The van der Waals surface area contributed by atoms with E-state index in [9.17, 15) is 9.18 Å². The Hall–Kier alpha value is -2.36. The third-order valence-corrected chi connectivity index (χ3v) is 2.95. The SMILES string of the molecule is C[C@H](NC(=O)CNc1ccccc1)c1cccc(F)c1. The van der Waals surface area contributed by atoms with E-state index in [1.165, 1.54) is 12.1 Å². The minimum atomic E-state index is -0.300. The second-order valence-electron chi connectivity index (χ2n) is 4.56. The molecule has 0 fully saturated rings. The van der Waals surface area contributed by atoms with Crippen molar-refractivity contribution in [2.24, 2.45) is 0 Å².